The fourth-order valence-corrected chi connectivity index (χ4v) is 4.09. The van der Waals surface area contributed by atoms with Gasteiger partial charge in [-0.05, 0) is 31.4 Å². The van der Waals surface area contributed by atoms with Gasteiger partial charge in [-0.1, -0.05) is 42.5 Å². The quantitative estimate of drug-likeness (QED) is 0.812. The summed E-state index contributed by atoms with van der Waals surface area (Å²) in [6.45, 7) is 0. The van der Waals surface area contributed by atoms with Crippen LogP contribution in [0, 0.1) is 10.8 Å². The molecule has 2 bridgehead atoms. The number of hydrogen-bond donors (Lipinski definition) is 1. The number of ketones is 1. The summed E-state index contributed by atoms with van der Waals surface area (Å²) in [5.41, 5.74) is -1.20. The number of alkyl halides is 3. The lowest BCUT2D eigenvalue weighted by atomic mass is 9.34. The maximum absolute atomic E-state index is 12.9. The van der Waals surface area contributed by atoms with Crippen molar-refractivity contribution < 1.29 is 22.8 Å². The minimum Gasteiger partial charge on any atom is -0.326 e. The number of hydrogen-bond acceptors (Lipinski definition) is 2. The van der Waals surface area contributed by atoms with Gasteiger partial charge in [-0.3, -0.25) is 9.59 Å². The van der Waals surface area contributed by atoms with Gasteiger partial charge in [-0.2, -0.15) is 13.2 Å². The smallest absolute Gasteiger partial charge is 0.326 e. The highest BCUT2D eigenvalue weighted by molar-refractivity contribution is 6.10. The van der Waals surface area contributed by atoms with E-state index in [0.717, 1.165) is 0 Å². The van der Waals surface area contributed by atoms with Gasteiger partial charge in [0.05, 0.1) is 10.8 Å². The van der Waals surface area contributed by atoms with Crippen LogP contribution in [0.25, 0.3) is 0 Å². The van der Waals surface area contributed by atoms with Crippen LogP contribution < -0.4 is 5.32 Å². The van der Waals surface area contributed by atoms with Crippen molar-refractivity contribution in [3.05, 3.63) is 65.7 Å². The van der Waals surface area contributed by atoms with E-state index in [0.29, 0.717) is 16.8 Å². The molecule has 3 aliphatic carbocycles. The highest BCUT2D eigenvalue weighted by Crippen LogP contribution is 2.78. The van der Waals surface area contributed by atoms with Crippen molar-refractivity contribution in [2.24, 2.45) is 10.8 Å². The SMILES string of the molecule is O=C(c1ccccc1)c1cccc(NC(=O)C23CC(C(F)(F)F)(C2)C3)c1. The number of halogens is 3. The Labute approximate surface area is 148 Å². The van der Waals surface area contributed by atoms with E-state index in [4.69, 9.17) is 0 Å². The third-order valence-corrected chi connectivity index (χ3v) is 5.53. The van der Waals surface area contributed by atoms with E-state index in [1.807, 2.05) is 6.07 Å². The number of amides is 1. The van der Waals surface area contributed by atoms with Crippen molar-refractivity contribution in [1.29, 1.82) is 0 Å². The van der Waals surface area contributed by atoms with Crippen LogP contribution in [-0.2, 0) is 4.79 Å². The maximum atomic E-state index is 12.9. The number of carbonyl (C=O) groups is 2. The summed E-state index contributed by atoms with van der Waals surface area (Å²) in [7, 11) is 0. The van der Waals surface area contributed by atoms with Crippen molar-refractivity contribution in [3.8, 4) is 0 Å². The van der Waals surface area contributed by atoms with Gasteiger partial charge in [0.25, 0.3) is 0 Å². The molecule has 0 spiro atoms. The van der Waals surface area contributed by atoms with Crippen molar-refractivity contribution in [2.45, 2.75) is 25.4 Å². The monoisotopic (exact) mass is 359 g/mol. The second-order valence-corrected chi connectivity index (χ2v) is 7.32. The van der Waals surface area contributed by atoms with Gasteiger partial charge < -0.3 is 5.32 Å². The van der Waals surface area contributed by atoms with Crippen molar-refractivity contribution in [1.82, 2.24) is 0 Å². The number of nitrogens with one attached hydrogen (secondary N) is 1. The molecule has 0 heterocycles. The summed E-state index contributed by atoms with van der Waals surface area (Å²) >= 11 is 0. The Balaban J connectivity index is 1.46. The van der Waals surface area contributed by atoms with Gasteiger partial charge in [0.1, 0.15) is 0 Å². The molecule has 3 fully saturated rings. The molecule has 134 valence electrons. The number of carbonyl (C=O) groups excluding carboxylic acids is 2. The minimum atomic E-state index is -4.24. The molecule has 0 atom stereocenters. The molecule has 0 unspecified atom stereocenters. The van der Waals surface area contributed by atoms with Crippen molar-refractivity contribution in [2.75, 3.05) is 5.32 Å². The molecule has 0 saturated heterocycles. The van der Waals surface area contributed by atoms with Gasteiger partial charge in [0.2, 0.25) is 5.91 Å². The normalized spacial score (nSPS) is 26.4. The van der Waals surface area contributed by atoms with Gasteiger partial charge in [0, 0.05) is 16.8 Å². The van der Waals surface area contributed by atoms with Crippen LogP contribution in [0.15, 0.2) is 54.6 Å². The molecule has 26 heavy (non-hydrogen) atoms. The predicted molar refractivity (Wildman–Crippen MR) is 89.7 cm³/mol. The third kappa shape index (κ3) is 2.43. The molecule has 2 aromatic rings. The zero-order valence-electron chi connectivity index (χ0n) is 13.8. The molecule has 6 heteroatoms. The molecular weight excluding hydrogens is 343 g/mol. The average Bonchev–Trinajstić information content (AvgIpc) is 2.51. The molecule has 3 saturated carbocycles. The predicted octanol–water partition coefficient (Wildman–Crippen LogP) is 4.59. The van der Waals surface area contributed by atoms with Crippen LogP contribution in [0.1, 0.15) is 35.2 Å². The first-order valence-electron chi connectivity index (χ1n) is 8.33. The zero-order chi connectivity index (χ0) is 18.6. The Kier molecular flexibility index (Phi) is 3.51. The van der Waals surface area contributed by atoms with Crippen molar-refractivity contribution >= 4 is 17.4 Å². The van der Waals surface area contributed by atoms with E-state index in [-0.39, 0.29) is 25.0 Å². The second-order valence-electron chi connectivity index (χ2n) is 7.32. The first-order valence-corrected chi connectivity index (χ1v) is 8.33. The highest BCUT2D eigenvalue weighted by Gasteiger charge is 2.80. The molecule has 2 aromatic carbocycles. The summed E-state index contributed by atoms with van der Waals surface area (Å²) in [5.74, 6) is -0.573. The Morgan fingerprint density at radius 2 is 1.50 bits per heavy atom. The Morgan fingerprint density at radius 1 is 0.885 bits per heavy atom. The van der Waals surface area contributed by atoms with E-state index < -0.39 is 22.9 Å². The summed E-state index contributed by atoms with van der Waals surface area (Å²) in [6, 6.07) is 15.2. The fourth-order valence-electron chi connectivity index (χ4n) is 4.09. The molecule has 0 radical (unpaired) electrons. The van der Waals surface area contributed by atoms with Crippen LogP contribution in [0.5, 0.6) is 0 Å². The molecule has 1 amide bonds. The van der Waals surface area contributed by atoms with E-state index >= 15 is 0 Å². The van der Waals surface area contributed by atoms with Crippen LogP contribution >= 0.6 is 0 Å². The molecule has 1 N–H and O–H groups in total. The molecular formula is C20H16F3NO2. The van der Waals surface area contributed by atoms with Gasteiger partial charge in [0.15, 0.2) is 5.78 Å². The lowest BCUT2D eigenvalue weighted by molar-refractivity contribution is -0.349. The van der Waals surface area contributed by atoms with Gasteiger partial charge in [-0.15, -0.1) is 0 Å². The number of benzene rings is 2. The van der Waals surface area contributed by atoms with E-state index in [9.17, 15) is 22.8 Å². The lowest BCUT2D eigenvalue weighted by Gasteiger charge is -2.69. The topological polar surface area (TPSA) is 46.2 Å². The van der Waals surface area contributed by atoms with Crippen LogP contribution in [0.4, 0.5) is 18.9 Å². The van der Waals surface area contributed by atoms with Gasteiger partial charge in [-0.25, -0.2) is 0 Å². The van der Waals surface area contributed by atoms with Crippen LogP contribution in [0.2, 0.25) is 0 Å². The standard InChI is InChI=1S/C20H16F3NO2/c21-20(22,23)19-10-18(11-19,12-19)17(26)24-15-8-4-7-14(9-15)16(25)13-5-2-1-3-6-13/h1-9H,10-12H2,(H,24,26). The average molecular weight is 359 g/mol. The lowest BCUT2D eigenvalue weighted by Crippen LogP contribution is -2.71. The summed E-state index contributed by atoms with van der Waals surface area (Å²) in [4.78, 5) is 24.9. The molecule has 3 nitrogen and oxygen atoms in total. The first kappa shape index (κ1) is 16.8. The van der Waals surface area contributed by atoms with E-state index in [1.165, 1.54) is 0 Å². The Bertz CT molecular complexity index is 870. The summed E-state index contributed by atoms with van der Waals surface area (Å²) in [6.07, 6.45) is -4.66. The maximum Gasteiger partial charge on any atom is 0.394 e. The largest absolute Gasteiger partial charge is 0.394 e. The second kappa shape index (κ2) is 5.43. The van der Waals surface area contributed by atoms with E-state index in [1.54, 1.807) is 48.5 Å². The summed E-state index contributed by atoms with van der Waals surface area (Å²) < 4.78 is 38.8. The van der Waals surface area contributed by atoms with Gasteiger partial charge >= 0.3 is 6.18 Å². The number of rotatable bonds is 4. The first-order chi connectivity index (χ1) is 12.2. The Hall–Kier alpha value is -2.63. The molecule has 3 aliphatic rings. The fraction of sp³-hybridized carbons (Fsp3) is 0.300. The van der Waals surface area contributed by atoms with E-state index in [2.05, 4.69) is 5.32 Å². The zero-order valence-corrected chi connectivity index (χ0v) is 13.8. The summed E-state index contributed by atoms with van der Waals surface area (Å²) in [5, 5.41) is 2.68. The third-order valence-electron chi connectivity index (χ3n) is 5.53. The molecule has 5 rings (SSSR count). The highest BCUT2D eigenvalue weighted by atomic mass is 19.4. The van der Waals surface area contributed by atoms with Crippen molar-refractivity contribution in [3.63, 3.8) is 0 Å². The number of anilines is 1. The molecule has 0 aromatic heterocycles. The minimum absolute atomic E-state index is 0.141. The van der Waals surface area contributed by atoms with Crippen LogP contribution in [-0.4, -0.2) is 17.9 Å². The Morgan fingerprint density at radius 3 is 2.12 bits per heavy atom. The molecule has 0 aliphatic heterocycles. The van der Waals surface area contributed by atoms with Crippen LogP contribution in [0.3, 0.4) is 0 Å².